The summed E-state index contributed by atoms with van der Waals surface area (Å²) in [4.78, 5) is 15.9. The van der Waals surface area contributed by atoms with Gasteiger partial charge < -0.3 is 15.2 Å². The van der Waals surface area contributed by atoms with Crippen molar-refractivity contribution < 1.29 is 19.2 Å². The molecule has 0 spiro atoms. The zero-order valence-corrected chi connectivity index (χ0v) is 28.1. The van der Waals surface area contributed by atoms with Gasteiger partial charge in [-0.1, -0.05) is 42.8 Å². The number of hydrogen-bond donors (Lipinski definition) is 3. The van der Waals surface area contributed by atoms with Gasteiger partial charge in [0.15, 0.2) is 17.7 Å². The molecule has 250 valence electrons. The van der Waals surface area contributed by atoms with Crippen molar-refractivity contribution in [1.29, 1.82) is 0 Å². The molecule has 2 aliphatic rings. The molecule has 0 bridgehead atoms. The second-order valence-corrected chi connectivity index (χ2v) is 14.0. The molecule has 7 rings (SSSR count). The molecule has 0 unspecified atom stereocenters. The highest BCUT2D eigenvalue weighted by Crippen LogP contribution is 2.39. The summed E-state index contributed by atoms with van der Waals surface area (Å²) in [5.74, 6) is 2.37. The Bertz CT molecular complexity index is 1910. The van der Waals surface area contributed by atoms with Gasteiger partial charge >= 0.3 is 6.03 Å². The Hall–Kier alpha value is -4.74. The number of anilines is 1. The molecule has 11 nitrogen and oxygen atoms in total. The Morgan fingerprint density at radius 1 is 1.00 bits per heavy atom. The Labute approximate surface area is 281 Å². The fourth-order valence-corrected chi connectivity index (χ4v) is 6.93. The molecule has 1 fully saturated rings. The number of hydrogen-bond acceptors (Lipinski definition) is 6. The second kappa shape index (κ2) is 13.0. The van der Waals surface area contributed by atoms with E-state index >= 15 is 0 Å². The predicted octanol–water partition coefficient (Wildman–Crippen LogP) is 5.99. The van der Waals surface area contributed by atoms with Crippen LogP contribution in [-0.4, -0.2) is 48.8 Å². The van der Waals surface area contributed by atoms with Crippen molar-refractivity contribution >= 4 is 17.5 Å². The first kappa shape index (κ1) is 31.8. The molecule has 1 saturated heterocycles. The van der Waals surface area contributed by atoms with Gasteiger partial charge in [-0.15, -0.1) is 10.2 Å². The van der Waals surface area contributed by atoms with Crippen LogP contribution in [0.5, 0.6) is 5.75 Å². The average molecular weight is 650 g/mol. The number of rotatable bonds is 7. The SMILES string of the molecule is CN1CCCC[C@H]1c1nnc2ccc(O[C@@H]3CC[C@H](NC(=O)Nc4c[n+](C(C)(C)C)cn4-c4ccc(CO)cc4)c4ccccc43)cn12. The number of aliphatic hydroxyl groups excluding tert-OH is 1. The third-order valence-corrected chi connectivity index (χ3v) is 9.66. The number of pyridine rings is 1. The first-order valence-corrected chi connectivity index (χ1v) is 16.9. The number of ether oxygens (including phenoxy) is 1. The number of imidazole rings is 1. The largest absolute Gasteiger partial charge is 0.484 e. The van der Waals surface area contributed by atoms with Crippen molar-refractivity contribution in [3.63, 3.8) is 0 Å². The van der Waals surface area contributed by atoms with Crippen LogP contribution in [0.25, 0.3) is 11.3 Å². The molecule has 1 aliphatic carbocycles. The number of carbonyl (C=O) groups is 1. The summed E-state index contributed by atoms with van der Waals surface area (Å²) in [6.07, 6.45) is 10.7. The van der Waals surface area contributed by atoms with Crippen molar-refractivity contribution in [3.05, 3.63) is 102 Å². The number of benzene rings is 2. The number of aliphatic hydroxyl groups is 1. The van der Waals surface area contributed by atoms with Gasteiger partial charge in [-0.2, -0.15) is 4.57 Å². The van der Waals surface area contributed by atoms with E-state index in [1.807, 2.05) is 71.8 Å². The third-order valence-electron chi connectivity index (χ3n) is 9.66. The first-order chi connectivity index (χ1) is 23.2. The summed E-state index contributed by atoms with van der Waals surface area (Å²) in [7, 11) is 2.16. The van der Waals surface area contributed by atoms with Crippen LogP contribution in [0.1, 0.15) is 93.6 Å². The Balaban J connectivity index is 1.09. The summed E-state index contributed by atoms with van der Waals surface area (Å²) in [6.45, 7) is 7.39. The number of piperidine rings is 1. The van der Waals surface area contributed by atoms with E-state index in [9.17, 15) is 9.90 Å². The van der Waals surface area contributed by atoms with Crippen molar-refractivity contribution in [2.24, 2.45) is 0 Å². The zero-order chi connectivity index (χ0) is 33.4. The summed E-state index contributed by atoms with van der Waals surface area (Å²) < 4.78 is 12.8. The number of aromatic nitrogens is 5. The van der Waals surface area contributed by atoms with E-state index in [0.717, 1.165) is 65.4 Å². The quantitative estimate of drug-likeness (QED) is 0.187. The summed E-state index contributed by atoms with van der Waals surface area (Å²) in [6, 6.07) is 19.6. The average Bonchev–Trinajstić information content (AvgIpc) is 3.71. The standard InChI is InChI=1S/C37H44N8O3/c1-37(2,3)43-22-34(45(24-43)26-14-12-25(23-46)13-15-26)39-36(47)38-30-17-18-32(29-10-6-5-9-28(29)30)48-27-16-19-33-40-41-35(44(33)21-27)31-11-7-8-20-42(31)4/h5-6,9-10,12-16,19,21-22,24,30-32,46H,7-8,11,17-18,20,23H2,1-4H3,(H-,38,39,47)/p+1/t30-,31-,32+/m0/s1. The Kier molecular flexibility index (Phi) is 8.65. The van der Waals surface area contributed by atoms with E-state index in [1.54, 1.807) is 0 Å². The molecule has 3 N–H and O–H groups in total. The van der Waals surface area contributed by atoms with E-state index < -0.39 is 0 Å². The van der Waals surface area contributed by atoms with Gasteiger partial charge in [-0.05, 0) is 101 Å². The maximum Gasteiger partial charge on any atom is 0.322 e. The van der Waals surface area contributed by atoms with Crippen molar-refractivity contribution in [2.45, 2.75) is 83.2 Å². The van der Waals surface area contributed by atoms with E-state index in [4.69, 9.17) is 4.74 Å². The molecule has 2 aromatic carbocycles. The maximum atomic E-state index is 13.6. The number of likely N-dealkylation sites (tertiary alicyclic amines) is 1. The minimum Gasteiger partial charge on any atom is -0.484 e. The molecule has 4 heterocycles. The third kappa shape index (κ3) is 6.40. The number of fused-ring (bicyclic) bond motifs is 2. The Morgan fingerprint density at radius 3 is 2.54 bits per heavy atom. The molecule has 0 radical (unpaired) electrons. The lowest BCUT2D eigenvalue weighted by atomic mass is 9.85. The molecule has 1 aliphatic heterocycles. The number of nitrogens with one attached hydrogen (secondary N) is 2. The van der Waals surface area contributed by atoms with Gasteiger partial charge in [-0.25, -0.2) is 9.36 Å². The summed E-state index contributed by atoms with van der Waals surface area (Å²) >= 11 is 0. The first-order valence-electron chi connectivity index (χ1n) is 16.9. The van der Waals surface area contributed by atoms with Gasteiger partial charge in [0.1, 0.15) is 23.1 Å². The maximum absolute atomic E-state index is 13.6. The van der Waals surface area contributed by atoms with Crippen molar-refractivity contribution in [1.82, 2.24) is 29.4 Å². The highest BCUT2D eigenvalue weighted by atomic mass is 16.5. The second-order valence-electron chi connectivity index (χ2n) is 14.0. The molecule has 2 amide bonds. The molecular formula is C37H45N8O3+. The molecule has 3 atom stereocenters. The van der Waals surface area contributed by atoms with E-state index in [0.29, 0.717) is 5.82 Å². The Morgan fingerprint density at radius 2 is 1.79 bits per heavy atom. The number of carbonyl (C=O) groups excluding carboxylic acids is 1. The van der Waals surface area contributed by atoms with Crippen LogP contribution in [-0.2, 0) is 12.1 Å². The smallest absolute Gasteiger partial charge is 0.322 e. The monoisotopic (exact) mass is 649 g/mol. The minimum atomic E-state index is -0.278. The van der Waals surface area contributed by atoms with Gasteiger partial charge in [0.25, 0.3) is 6.33 Å². The van der Waals surface area contributed by atoms with Gasteiger partial charge in [0.2, 0.25) is 5.82 Å². The van der Waals surface area contributed by atoms with Crippen LogP contribution in [0, 0.1) is 0 Å². The van der Waals surface area contributed by atoms with Crippen LogP contribution >= 0.6 is 0 Å². The fourth-order valence-electron chi connectivity index (χ4n) is 6.93. The topological polar surface area (TPSA) is 113 Å². The van der Waals surface area contributed by atoms with Crippen LogP contribution in [0.3, 0.4) is 0 Å². The lowest BCUT2D eigenvalue weighted by Gasteiger charge is -2.32. The van der Waals surface area contributed by atoms with Crippen LogP contribution in [0.4, 0.5) is 10.6 Å². The molecule has 11 heteroatoms. The molecular weight excluding hydrogens is 604 g/mol. The lowest BCUT2D eigenvalue weighted by Crippen LogP contribution is -2.48. The predicted molar refractivity (Wildman–Crippen MR) is 183 cm³/mol. The highest BCUT2D eigenvalue weighted by molar-refractivity contribution is 5.88. The highest BCUT2D eigenvalue weighted by Gasteiger charge is 2.31. The number of amides is 2. The summed E-state index contributed by atoms with van der Waals surface area (Å²) in [5, 5.41) is 24.8. The molecule has 48 heavy (non-hydrogen) atoms. The summed E-state index contributed by atoms with van der Waals surface area (Å²) in [5.41, 5.74) is 4.47. The normalized spacial score (nSPS) is 20.0. The van der Waals surface area contributed by atoms with E-state index in [1.165, 1.54) is 12.8 Å². The van der Waals surface area contributed by atoms with Crippen molar-refractivity contribution in [2.75, 3.05) is 18.9 Å². The van der Waals surface area contributed by atoms with Gasteiger partial charge in [0.05, 0.1) is 24.9 Å². The zero-order valence-electron chi connectivity index (χ0n) is 28.1. The molecule has 3 aromatic heterocycles. The van der Waals surface area contributed by atoms with Crippen molar-refractivity contribution in [3.8, 4) is 11.4 Å². The van der Waals surface area contributed by atoms with Crippen LogP contribution in [0.2, 0.25) is 0 Å². The van der Waals surface area contributed by atoms with E-state index in [2.05, 4.69) is 74.7 Å². The van der Waals surface area contributed by atoms with Gasteiger partial charge in [0, 0.05) is 0 Å². The molecule has 0 saturated carbocycles. The number of nitrogens with zero attached hydrogens (tertiary/aromatic N) is 6. The number of urea groups is 1. The minimum absolute atomic E-state index is 0.0211. The van der Waals surface area contributed by atoms with Gasteiger partial charge in [-0.3, -0.25) is 14.6 Å². The molecule has 5 aromatic rings. The van der Waals surface area contributed by atoms with Crippen LogP contribution in [0.15, 0.2) is 79.4 Å². The van der Waals surface area contributed by atoms with Crippen LogP contribution < -0.4 is 19.9 Å². The fraction of sp³-hybridized carbons (Fsp3) is 0.405. The lowest BCUT2D eigenvalue weighted by molar-refractivity contribution is -0.753. The van der Waals surface area contributed by atoms with E-state index in [-0.39, 0.29) is 36.4 Å².